The molecule has 0 amide bonds. The van der Waals surface area contributed by atoms with Crippen LogP contribution in [0.15, 0.2) is 18.2 Å². The molecule has 1 saturated heterocycles. The zero-order valence-corrected chi connectivity index (χ0v) is 11.4. The Morgan fingerprint density at radius 2 is 2.06 bits per heavy atom. The van der Waals surface area contributed by atoms with Gasteiger partial charge in [0.15, 0.2) is 0 Å². The van der Waals surface area contributed by atoms with Crippen LogP contribution in [0.4, 0.5) is 11.4 Å². The highest BCUT2D eigenvalue weighted by molar-refractivity contribution is 5.74. The van der Waals surface area contributed by atoms with E-state index in [2.05, 4.69) is 35.3 Å². The maximum atomic E-state index is 3.69. The monoisotopic (exact) mass is 244 g/mol. The van der Waals surface area contributed by atoms with Crippen molar-refractivity contribution in [1.82, 2.24) is 0 Å². The normalized spacial score (nSPS) is 23.4. The molecule has 1 unspecified atom stereocenters. The predicted octanol–water partition coefficient (Wildman–Crippen LogP) is 3.67. The van der Waals surface area contributed by atoms with E-state index in [0.29, 0.717) is 0 Å². The summed E-state index contributed by atoms with van der Waals surface area (Å²) in [5.41, 5.74) is 4.39. The number of rotatable bonds is 2. The van der Waals surface area contributed by atoms with Gasteiger partial charge in [0.25, 0.3) is 0 Å². The van der Waals surface area contributed by atoms with Crippen molar-refractivity contribution in [2.45, 2.75) is 39.0 Å². The highest BCUT2D eigenvalue weighted by atomic mass is 15.1. The second kappa shape index (κ2) is 5.21. The van der Waals surface area contributed by atoms with Crippen LogP contribution in [-0.2, 0) is 6.42 Å². The predicted molar refractivity (Wildman–Crippen MR) is 78.5 cm³/mol. The molecule has 1 fully saturated rings. The molecule has 0 aromatic heterocycles. The maximum absolute atomic E-state index is 3.69. The van der Waals surface area contributed by atoms with Gasteiger partial charge in [0.1, 0.15) is 0 Å². The van der Waals surface area contributed by atoms with Crippen LogP contribution in [0, 0.1) is 5.92 Å². The van der Waals surface area contributed by atoms with Gasteiger partial charge in [0.2, 0.25) is 0 Å². The molecular formula is C16H24N2. The molecule has 98 valence electrons. The van der Waals surface area contributed by atoms with E-state index < -0.39 is 0 Å². The summed E-state index contributed by atoms with van der Waals surface area (Å²) in [4.78, 5) is 2.57. The molecule has 0 aliphatic carbocycles. The molecule has 2 nitrogen and oxygen atoms in total. The largest absolute Gasteiger partial charge is 0.383 e. The number of hydrogen-bond donors (Lipinski definition) is 1. The minimum atomic E-state index is 0.814. The van der Waals surface area contributed by atoms with Gasteiger partial charge in [-0.3, -0.25) is 0 Å². The molecule has 2 aliphatic heterocycles. The number of nitrogens with zero attached hydrogens (tertiary/aromatic N) is 1. The van der Waals surface area contributed by atoms with Crippen molar-refractivity contribution in [3.8, 4) is 0 Å². The third kappa shape index (κ3) is 2.21. The fourth-order valence-electron chi connectivity index (χ4n) is 3.28. The molecule has 18 heavy (non-hydrogen) atoms. The van der Waals surface area contributed by atoms with Crippen molar-refractivity contribution in [2.75, 3.05) is 29.9 Å². The van der Waals surface area contributed by atoms with Crippen LogP contribution in [0.1, 0.15) is 38.2 Å². The number of nitrogens with one attached hydrogen (secondary N) is 1. The van der Waals surface area contributed by atoms with Crippen LogP contribution in [0.25, 0.3) is 0 Å². The van der Waals surface area contributed by atoms with E-state index in [1.807, 2.05) is 0 Å². The molecule has 1 atom stereocenters. The Hall–Kier alpha value is -1.18. The second-order valence-electron chi connectivity index (χ2n) is 5.72. The lowest BCUT2D eigenvalue weighted by molar-refractivity contribution is 0.519. The first-order valence-corrected chi connectivity index (χ1v) is 7.49. The highest BCUT2D eigenvalue weighted by Crippen LogP contribution is 2.36. The average molecular weight is 244 g/mol. The lowest BCUT2D eigenvalue weighted by Crippen LogP contribution is -2.32. The van der Waals surface area contributed by atoms with E-state index in [-0.39, 0.29) is 0 Å². The molecule has 3 rings (SSSR count). The Balaban J connectivity index is 1.87. The maximum Gasteiger partial charge on any atom is 0.0610 e. The molecule has 1 aromatic rings. The van der Waals surface area contributed by atoms with Crippen molar-refractivity contribution >= 4 is 11.4 Å². The van der Waals surface area contributed by atoms with Crippen LogP contribution in [0.5, 0.6) is 0 Å². The molecule has 0 radical (unpaired) electrons. The summed E-state index contributed by atoms with van der Waals surface area (Å²) in [6, 6.07) is 6.84. The van der Waals surface area contributed by atoms with E-state index in [1.165, 1.54) is 62.1 Å². The Labute approximate surface area is 110 Å². The van der Waals surface area contributed by atoms with E-state index >= 15 is 0 Å². The van der Waals surface area contributed by atoms with Crippen molar-refractivity contribution in [3.05, 3.63) is 23.8 Å². The SMILES string of the molecule is CCC1CNc2c(cccc2N2CCCCC2)C1. The summed E-state index contributed by atoms with van der Waals surface area (Å²) in [5, 5.41) is 3.69. The smallest absolute Gasteiger partial charge is 0.0610 e. The molecule has 0 saturated carbocycles. The molecule has 0 bridgehead atoms. The van der Waals surface area contributed by atoms with Crippen LogP contribution >= 0.6 is 0 Å². The Kier molecular flexibility index (Phi) is 3.44. The number of anilines is 2. The zero-order valence-electron chi connectivity index (χ0n) is 11.4. The summed E-state index contributed by atoms with van der Waals surface area (Å²) < 4.78 is 0. The van der Waals surface area contributed by atoms with Crippen molar-refractivity contribution in [2.24, 2.45) is 5.92 Å². The standard InChI is InChI=1S/C16H24N2/c1-2-13-11-14-7-6-8-15(16(14)17-12-13)18-9-4-3-5-10-18/h6-8,13,17H,2-5,9-12H2,1H3. The summed E-state index contributed by atoms with van der Waals surface area (Å²) in [5.74, 6) is 0.814. The fraction of sp³-hybridized carbons (Fsp3) is 0.625. The summed E-state index contributed by atoms with van der Waals surface area (Å²) >= 11 is 0. The first-order chi connectivity index (χ1) is 8.88. The zero-order chi connectivity index (χ0) is 12.4. The van der Waals surface area contributed by atoms with Crippen LogP contribution < -0.4 is 10.2 Å². The molecule has 2 heterocycles. The summed E-state index contributed by atoms with van der Waals surface area (Å²) in [6.45, 7) is 5.91. The number of para-hydroxylation sites is 1. The van der Waals surface area contributed by atoms with Gasteiger partial charge in [-0.1, -0.05) is 25.5 Å². The molecule has 1 N–H and O–H groups in total. The van der Waals surface area contributed by atoms with E-state index in [0.717, 1.165) is 12.5 Å². The van der Waals surface area contributed by atoms with Gasteiger partial charge in [-0.2, -0.15) is 0 Å². The first kappa shape index (κ1) is 11.9. The number of hydrogen-bond acceptors (Lipinski definition) is 2. The van der Waals surface area contributed by atoms with Gasteiger partial charge in [-0.15, -0.1) is 0 Å². The molecular weight excluding hydrogens is 220 g/mol. The van der Waals surface area contributed by atoms with Gasteiger partial charge in [-0.05, 0) is 43.2 Å². The van der Waals surface area contributed by atoms with Gasteiger partial charge >= 0.3 is 0 Å². The van der Waals surface area contributed by atoms with E-state index in [4.69, 9.17) is 0 Å². The first-order valence-electron chi connectivity index (χ1n) is 7.49. The average Bonchev–Trinajstić information content (AvgIpc) is 2.47. The number of piperidine rings is 1. The van der Waals surface area contributed by atoms with Gasteiger partial charge < -0.3 is 10.2 Å². The third-order valence-electron chi connectivity index (χ3n) is 4.48. The Morgan fingerprint density at radius 3 is 2.83 bits per heavy atom. The molecule has 2 heteroatoms. The third-order valence-corrected chi connectivity index (χ3v) is 4.48. The van der Waals surface area contributed by atoms with Gasteiger partial charge in [-0.25, -0.2) is 0 Å². The lowest BCUT2D eigenvalue weighted by Gasteiger charge is -2.34. The Bertz CT molecular complexity index is 408. The van der Waals surface area contributed by atoms with Crippen LogP contribution in [0.3, 0.4) is 0 Å². The van der Waals surface area contributed by atoms with Crippen LogP contribution in [-0.4, -0.2) is 19.6 Å². The quantitative estimate of drug-likeness (QED) is 0.854. The van der Waals surface area contributed by atoms with E-state index in [1.54, 1.807) is 0 Å². The van der Waals surface area contributed by atoms with Crippen molar-refractivity contribution in [3.63, 3.8) is 0 Å². The number of benzene rings is 1. The van der Waals surface area contributed by atoms with Crippen molar-refractivity contribution in [1.29, 1.82) is 0 Å². The highest BCUT2D eigenvalue weighted by Gasteiger charge is 2.22. The molecule has 1 aromatic carbocycles. The number of fused-ring (bicyclic) bond motifs is 1. The topological polar surface area (TPSA) is 15.3 Å². The van der Waals surface area contributed by atoms with Gasteiger partial charge in [0, 0.05) is 19.6 Å². The van der Waals surface area contributed by atoms with Crippen molar-refractivity contribution < 1.29 is 0 Å². The minimum absolute atomic E-state index is 0.814. The summed E-state index contributed by atoms with van der Waals surface area (Å²) in [6.07, 6.45) is 6.63. The Morgan fingerprint density at radius 1 is 1.22 bits per heavy atom. The second-order valence-corrected chi connectivity index (χ2v) is 5.72. The summed E-state index contributed by atoms with van der Waals surface area (Å²) in [7, 11) is 0. The van der Waals surface area contributed by atoms with E-state index in [9.17, 15) is 0 Å². The van der Waals surface area contributed by atoms with Gasteiger partial charge in [0.05, 0.1) is 11.4 Å². The molecule has 2 aliphatic rings. The lowest BCUT2D eigenvalue weighted by atomic mass is 9.91. The molecule has 0 spiro atoms. The van der Waals surface area contributed by atoms with Crippen LogP contribution in [0.2, 0.25) is 0 Å². The minimum Gasteiger partial charge on any atom is -0.383 e. The fourth-order valence-corrected chi connectivity index (χ4v) is 3.28.